The highest BCUT2D eigenvalue weighted by Crippen LogP contribution is 2.18. The molecule has 104 valence electrons. The SMILES string of the molecule is Cc1ccc(C(=O)NCc2cc(Br)ccc2F)cc1O. The van der Waals surface area contributed by atoms with Gasteiger partial charge in [-0.15, -0.1) is 0 Å². The van der Waals surface area contributed by atoms with Gasteiger partial charge in [-0.1, -0.05) is 22.0 Å². The Morgan fingerprint density at radius 3 is 2.75 bits per heavy atom. The van der Waals surface area contributed by atoms with E-state index in [2.05, 4.69) is 21.2 Å². The average Bonchev–Trinajstić information content (AvgIpc) is 2.42. The van der Waals surface area contributed by atoms with E-state index in [0.29, 0.717) is 16.7 Å². The number of aromatic hydroxyl groups is 1. The Bertz CT molecular complexity index is 658. The Morgan fingerprint density at radius 2 is 2.05 bits per heavy atom. The molecule has 0 saturated heterocycles. The maximum absolute atomic E-state index is 13.5. The maximum Gasteiger partial charge on any atom is 0.251 e. The molecule has 0 fully saturated rings. The number of rotatable bonds is 3. The summed E-state index contributed by atoms with van der Waals surface area (Å²) < 4.78 is 14.3. The van der Waals surface area contributed by atoms with Gasteiger partial charge in [-0.25, -0.2) is 4.39 Å². The molecule has 0 radical (unpaired) electrons. The number of phenolic OH excluding ortho intramolecular Hbond substituents is 1. The monoisotopic (exact) mass is 337 g/mol. The number of halogens is 2. The summed E-state index contributed by atoms with van der Waals surface area (Å²) in [5.74, 6) is -0.675. The first-order valence-corrected chi connectivity index (χ1v) is 6.78. The van der Waals surface area contributed by atoms with Crippen molar-refractivity contribution in [2.75, 3.05) is 0 Å². The van der Waals surface area contributed by atoms with Crippen LogP contribution in [0.5, 0.6) is 5.75 Å². The summed E-state index contributed by atoms with van der Waals surface area (Å²) in [5.41, 5.74) is 1.42. The number of carbonyl (C=O) groups is 1. The molecule has 0 heterocycles. The molecule has 2 aromatic carbocycles. The molecule has 5 heteroatoms. The van der Waals surface area contributed by atoms with Gasteiger partial charge < -0.3 is 10.4 Å². The Morgan fingerprint density at radius 1 is 1.30 bits per heavy atom. The van der Waals surface area contributed by atoms with Gasteiger partial charge in [0, 0.05) is 22.1 Å². The first-order chi connectivity index (χ1) is 9.47. The van der Waals surface area contributed by atoms with E-state index >= 15 is 0 Å². The summed E-state index contributed by atoms with van der Waals surface area (Å²) in [5, 5.41) is 12.2. The van der Waals surface area contributed by atoms with Crippen molar-refractivity contribution in [1.82, 2.24) is 5.32 Å². The molecule has 20 heavy (non-hydrogen) atoms. The van der Waals surface area contributed by atoms with Crippen molar-refractivity contribution >= 4 is 21.8 Å². The van der Waals surface area contributed by atoms with Gasteiger partial charge in [0.05, 0.1) is 0 Å². The van der Waals surface area contributed by atoms with Gasteiger partial charge in [0.1, 0.15) is 11.6 Å². The van der Waals surface area contributed by atoms with E-state index in [1.807, 2.05) is 0 Å². The molecule has 0 aliphatic heterocycles. The number of nitrogens with one attached hydrogen (secondary N) is 1. The lowest BCUT2D eigenvalue weighted by molar-refractivity contribution is 0.0950. The summed E-state index contributed by atoms with van der Waals surface area (Å²) >= 11 is 3.25. The fourth-order valence-corrected chi connectivity index (χ4v) is 2.12. The fourth-order valence-electron chi connectivity index (χ4n) is 1.71. The van der Waals surface area contributed by atoms with Crippen LogP contribution in [0.3, 0.4) is 0 Å². The highest BCUT2D eigenvalue weighted by Gasteiger charge is 2.09. The Hall–Kier alpha value is -1.88. The van der Waals surface area contributed by atoms with Crippen LogP contribution in [0, 0.1) is 12.7 Å². The number of aryl methyl sites for hydroxylation is 1. The predicted molar refractivity (Wildman–Crippen MR) is 78.1 cm³/mol. The van der Waals surface area contributed by atoms with E-state index in [0.717, 1.165) is 4.47 Å². The van der Waals surface area contributed by atoms with Crippen LogP contribution in [-0.2, 0) is 6.54 Å². The third kappa shape index (κ3) is 3.36. The summed E-state index contributed by atoms with van der Waals surface area (Å²) in [4.78, 5) is 11.9. The largest absolute Gasteiger partial charge is 0.508 e. The molecular weight excluding hydrogens is 325 g/mol. The van der Waals surface area contributed by atoms with E-state index in [1.165, 1.54) is 12.1 Å². The number of hydrogen-bond donors (Lipinski definition) is 2. The van der Waals surface area contributed by atoms with Crippen LogP contribution in [0.2, 0.25) is 0 Å². The third-order valence-corrected chi connectivity index (χ3v) is 3.41. The minimum Gasteiger partial charge on any atom is -0.508 e. The zero-order chi connectivity index (χ0) is 14.7. The predicted octanol–water partition coefficient (Wildman–Crippen LogP) is 3.53. The van der Waals surface area contributed by atoms with Gasteiger partial charge in [0.2, 0.25) is 0 Å². The lowest BCUT2D eigenvalue weighted by atomic mass is 10.1. The maximum atomic E-state index is 13.5. The summed E-state index contributed by atoms with van der Waals surface area (Å²) in [6, 6.07) is 9.21. The molecule has 0 spiro atoms. The van der Waals surface area contributed by atoms with Gasteiger partial charge in [-0.2, -0.15) is 0 Å². The first-order valence-electron chi connectivity index (χ1n) is 5.99. The highest BCUT2D eigenvalue weighted by molar-refractivity contribution is 9.10. The number of amides is 1. The van der Waals surface area contributed by atoms with Gasteiger partial charge in [0.15, 0.2) is 0 Å². The minimum atomic E-state index is -0.375. The first kappa shape index (κ1) is 14.5. The van der Waals surface area contributed by atoms with Crippen LogP contribution in [0.4, 0.5) is 4.39 Å². The molecule has 0 atom stereocenters. The van der Waals surface area contributed by atoms with Crippen LogP contribution in [0.25, 0.3) is 0 Å². The number of hydrogen-bond acceptors (Lipinski definition) is 2. The summed E-state index contributed by atoms with van der Waals surface area (Å²) in [6.45, 7) is 1.83. The Kier molecular flexibility index (Phi) is 4.39. The van der Waals surface area contributed by atoms with Crippen molar-refractivity contribution in [2.24, 2.45) is 0 Å². The molecule has 1 amide bonds. The van der Waals surface area contributed by atoms with E-state index in [9.17, 15) is 14.3 Å². The van der Waals surface area contributed by atoms with Crippen LogP contribution in [0.15, 0.2) is 40.9 Å². The molecule has 0 unspecified atom stereocenters. The highest BCUT2D eigenvalue weighted by atomic mass is 79.9. The second-order valence-electron chi connectivity index (χ2n) is 4.42. The standard InChI is InChI=1S/C15H13BrFNO2/c1-9-2-3-10(7-14(9)19)15(20)18-8-11-6-12(16)4-5-13(11)17/h2-7,19H,8H2,1H3,(H,18,20). The molecule has 0 aliphatic rings. The van der Waals surface area contributed by atoms with Crippen LogP contribution < -0.4 is 5.32 Å². The van der Waals surface area contributed by atoms with E-state index < -0.39 is 0 Å². The normalized spacial score (nSPS) is 10.3. The number of carbonyl (C=O) groups excluding carboxylic acids is 1. The summed E-state index contributed by atoms with van der Waals surface area (Å²) in [7, 11) is 0. The zero-order valence-electron chi connectivity index (χ0n) is 10.8. The molecule has 2 rings (SSSR count). The minimum absolute atomic E-state index is 0.0614. The Balaban J connectivity index is 2.08. The topological polar surface area (TPSA) is 49.3 Å². The van der Waals surface area contributed by atoms with E-state index in [-0.39, 0.29) is 24.0 Å². The van der Waals surface area contributed by atoms with Crippen LogP contribution in [-0.4, -0.2) is 11.0 Å². The lowest BCUT2D eigenvalue weighted by Gasteiger charge is -2.08. The molecule has 0 aromatic heterocycles. The Labute approximate surface area is 124 Å². The molecule has 0 aliphatic carbocycles. The van der Waals surface area contributed by atoms with Gasteiger partial charge in [0.25, 0.3) is 5.91 Å². The molecular formula is C15H13BrFNO2. The van der Waals surface area contributed by atoms with Crippen LogP contribution >= 0.6 is 15.9 Å². The van der Waals surface area contributed by atoms with Gasteiger partial charge >= 0.3 is 0 Å². The van der Waals surface area contributed by atoms with Crippen molar-refractivity contribution < 1.29 is 14.3 Å². The number of benzene rings is 2. The van der Waals surface area contributed by atoms with Crippen molar-refractivity contribution in [3.05, 3.63) is 63.4 Å². The van der Waals surface area contributed by atoms with Crippen molar-refractivity contribution in [3.63, 3.8) is 0 Å². The van der Waals surface area contributed by atoms with Crippen LogP contribution in [0.1, 0.15) is 21.5 Å². The summed E-state index contributed by atoms with van der Waals surface area (Å²) in [6.07, 6.45) is 0. The molecule has 0 bridgehead atoms. The molecule has 3 nitrogen and oxygen atoms in total. The lowest BCUT2D eigenvalue weighted by Crippen LogP contribution is -2.23. The third-order valence-electron chi connectivity index (χ3n) is 2.92. The van der Waals surface area contributed by atoms with Gasteiger partial charge in [-0.05, 0) is 42.8 Å². The van der Waals surface area contributed by atoms with Crippen molar-refractivity contribution in [3.8, 4) is 5.75 Å². The quantitative estimate of drug-likeness (QED) is 0.900. The average molecular weight is 338 g/mol. The van der Waals surface area contributed by atoms with E-state index in [1.54, 1.807) is 31.2 Å². The zero-order valence-corrected chi connectivity index (χ0v) is 12.4. The molecule has 2 N–H and O–H groups in total. The second-order valence-corrected chi connectivity index (χ2v) is 5.34. The smallest absolute Gasteiger partial charge is 0.251 e. The second kappa shape index (κ2) is 6.05. The van der Waals surface area contributed by atoms with Crippen molar-refractivity contribution in [2.45, 2.75) is 13.5 Å². The molecule has 2 aromatic rings. The van der Waals surface area contributed by atoms with Crippen molar-refractivity contribution in [1.29, 1.82) is 0 Å². The van der Waals surface area contributed by atoms with Gasteiger partial charge in [-0.3, -0.25) is 4.79 Å². The fraction of sp³-hybridized carbons (Fsp3) is 0.133. The van der Waals surface area contributed by atoms with E-state index in [4.69, 9.17) is 0 Å². The molecule has 0 saturated carbocycles. The number of phenols is 1.